The minimum absolute atomic E-state index is 0.0801. The van der Waals surface area contributed by atoms with E-state index in [1.165, 1.54) is 4.72 Å². The SMILES string of the molecule is O=C(O)NS(=O)(=O)NCCCN1CCCC1=O. The second kappa shape index (κ2) is 5.82. The molecule has 0 spiro atoms. The third-order valence-electron chi connectivity index (χ3n) is 2.29. The summed E-state index contributed by atoms with van der Waals surface area (Å²) in [5.41, 5.74) is 0. The molecular weight excluding hydrogens is 250 g/mol. The van der Waals surface area contributed by atoms with Crippen molar-refractivity contribution in [3.63, 3.8) is 0 Å². The van der Waals surface area contributed by atoms with Gasteiger partial charge in [0.25, 0.3) is 0 Å². The lowest BCUT2D eigenvalue weighted by Gasteiger charge is -2.15. The van der Waals surface area contributed by atoms with Crippen LogP contribution >= 0.6 is 0 Å². The quantitative estimate of drug-likeness (QED) is 0.538. The Bertz CT molecular complexity index is 394. The van der Waals surface area contributed by atoms with Crippen LogP contribution in [0.25, 0.3) is 0 Å². The lowest BCUT2D eigenvalue weighted by molar-refractivity contribution is -0.127. The molecule has 0 aliphatic carbocycles. The molecule has 1 saturated heterocycles. The van der Waals surface area contributed by atoms with Crippen LogP contribution in [-0.2, 0) is 15.0 Å². The van der Waals surface area contributed by atoms with Crippen molar-refractivity contribution in [1.82, 2.24) is 14.3 Å². The van der Waals surface area contributed by atoms with Crippen LogP contribution in [-0.4, -0.2) is 50.1 Å². The lowest BCUT2D eigenvalue weighted by Crippen LogP contribution is -2.40. The summed E-state index contributed by atoms with van der Waals surface area (Å²) in [6.07, 6.45) is 0.205. The van der Waals surface area contributed by atoms with Gasteiger partial charge in [-0.2, -0.15) is 13.1 Å². The maximum atomic E-state index is 11.2. The Morgan fingerprint density at radius 3 is 2.71 bits per heavy atom. The number of rotatable bonds is 6. The molecule has 1 heterocycles. The fourth-order valence-corrected chi connectivity index (χ4v) is 2.28. The second-order valence-electron chi connectivity index (χ2n) is 3.64. The van der Waals surface area contributed by atoms with Crippen molar-refractivity contribution in [2.75, 3.05) is 19.6 Å². The number of hydrogen-bond donors (Lipinski definition) is 3. The van der Waals surface area contributed by atoms with Gasteiger partial charge >= 0.3 is 16.3 Å². The molecule has 0 bridgehead atoms. The van der Waals surface area contributed by atoms with Crippen LogP contribution in [0, 0.1) is 0 Å². The Kier molecular flexibility index (Phi) is 4.70. The first-order valence-corrected chi connectivity index (χ1v) is 6.67. The fraction of sp³-hybridized carbons (Fsp3) is 0.750. The molecule has 0 atom stereocenters. The molecule has 0 saturated carbocycles. The van der Waals surface area contributed by atoms with Crippen molar-refractivity contribution in [3.8, 4) is 0 Å². The normalized spacial score (nSPS) is 16.2. The number of carbonyl (C=O) groups is 2. The lowest BCUT2D eigenvalue weighted by atomic mass is 10.4. The van der Waals surface area contributed by atoms with E-state index in [-0.39, 0.29) is 12.5 Å². The fourth-order valence-electron chi connectivity index (χ4n) is 1.57. The van der Waals surface area contributed by atoms with E-state index in [1.54, 1.807) is 4.90 Å². The number of nitrogens with one attached hydrogen (secondary N) is 2. The molecule has 8 nitrogen and oxygen atoms in total. The van der Waals surface area contributed by atoms with Gasteiger partial charge in [-0.3, -0.25) is 4.79 Å². The summed E-state index contributed by atoms with van der Waals surface area (Å²) in [6, 6.07) is 0. The summed E-state index contributed by atoms with van der Waals surface area (Å²) in [6.45, 7) is 1.28. The number of carbonyl (C=O) groups excluding carboxylic acids is 1. The largest absolute Gasteiger partial charge is 0.464 e. The predicted octanol–water partition coefficient (Wildman–Crippen LogP) is -0.899. The smallest absolute Gasteiger partial charge is 0.419 e. The highest BCUT2D eigenvalue weighted by Crippen LogP contribution is 2.09. The second-order valence-corrected chi connectivity index (χ2v) is 5.14. The van der Waals surface area contributed by atoms with Crippen molar-refractivity contribution >= 4 is 22.2 Å². The molecule has 98 valence electrons. The monoisotopic (exact) mass is 265 g/mol. The summed E-state index contributed by atoms with van der Waals surface area (Å²) in [4.78, 5) is 23.0. The van der Waals surface area contributed by atoms with Crippen LogP contribution in [0.5, 0.6) is 0 Å². The predicted molar refractivity (Wildman–Crippen MR) is 58.5 cm³/mol. The van der Waals surface area contributed by atoms with E-state index in [9.17, 15) is 18.0 Å². The molecule has 0 radical (unpaired) electrons. The first kappa shape index (κ1) is 13.7. The van der Waals surface area contributed by atoms with Gasteiger partial charge < -0.3 is 10.0 Å². The number of likely N-dealkylation sites (tertiary alicyclic amines) is 1. The van der Waals surface area contributed by atoms with Crippen LogP contribution in [0.15, 0.2) is 0 Å². The van der Waals surface area contributed by atoms with Crippen molar-refractivity contribution in [2.24, 2.45) is 0 Å². The highest BCUT2D eigenvalue weighted by Gasteiger charge is 2.19. The van der Waals surface area contributed by atoms with E-state index in [0.29, 0.717) is 25.9 Å². The minimum atomic E-state index is -3.99. The molecule has 1 aliphatic rings. The molecule has 1 fully saturated rings. The average molecular weight is 265 g/mol. The number of amides is 2. The highest BCUT2D eigenvalue weighted by atomic mass is 32.2. The summed E-state index contributed by atoms with van der Waals surface area (Å²) in [5.74, 6) is 0.0801. The number of carboxylic acid groups (broad SMARTS) is 1. The van der Waals surface area contributed by atoms with E-state index >= 15 is 0 Å². The van der Waals surface area contributed by atoms with E-state index in [2.05, 4.69) is 4.72 Å². The third-order valence-corrected chi connectivity index (χ3v) is 3.32. The summed E-state index contributed by atoms with van der Waals surface area (Å²) >= 11 is 0. The third kappa shape index (κ3) is 5.00. The minimum Gasteiger partial charge on any atom is -0.464 e. The van der Waals surface area contributed by atoms with Gasteiger partial charge in [-0.15, -0.1) is 0 Å². The van der Waals surface area contributed by atoms with Crippen LogP contribution in [0.1, 0.15) is 19.3 Å². The standard InChI is InChI=1S/C8H15N3O5S/c12-7-3-1-5-11(7)6-2-4-9-17(15,16)10-8(13)14/h9-10H,1-6H2,(H,13,14). The van der Waals surface area contributed by atoms with Gasteiger partial charge in [-0.1, -0.05) is 0 Å². The van der Waals surface area contributed by atoms with Gasteiger partial charge in [0.2, 0.25) is 5.91 Å². The zero-order valence-corrected chi connectivity index (χ0v) is 9.99. The van der Waals surface area contributed by atoms with Gasteiger partial charge in [-0.25, -0.2) is 9.52 Å². The number of nitrogens with zero attached hydrogens (tertiary/aromatic N) is 1. The van der Waals surface area contributed by atoms with Crippen molar-refractivity contribution in [2.45, 2.75) is 19.3 Å². The first-order valence-electron chi connectivity index (χ1n) is 5.19. The maximum Gasteiger partial charge on any atom is 0.419 e. The Hall–Kier alpha value is -1.35. The molecule has 0 aromatic heterocycles. The Balaban J connectivity index is 2.19. The zero-order chi connectivity index (χ0) is 12.9. The van der Waals surface area contributed by atoms with E-state index < -0.39 is 16.3 Å². The topological polar surface area (TPSA) is 116 Å². The molecule has 1 aliphatic heterocycles. The molecule has 0 unspecified atom stereocenters. The molecule has 3 N–H and O–H groups in total. The van der Waals surface area contributed by atoms with E-state index in [0.717, 1.165) is 6.42 Å². The summed E-state index contributed by atoms with van der Waals surface area (Å²) < 4.78 is 25.5. The first-order chi connectivity index (χ1) is 7.91. The van der Waals surface area contributed by atoms with E-state index in [1.807, 2.05) is 0 Å². The van der Waals surface area contributed by atoms with Crippen LogP contribution in [0.4, 0.5) is 4.79 Å². The molecule has 1 rings (SSSR count). The van der Waals surface area contributed by atoms with Gasteiger partial charge in [0.05, 0.1) is 0 Å². The average Bonchev–Trinajstić information content (AvgIpc) is 2.57. The van der Waals surface area contributed by atoms with E-state index in [4.69, 9.17) is 5.11 Å². The van der Waals surface area contributed by atoms with Crippen molar-refractivity contribution < 1.29 is 23.1 Å². The number of hydrogen-bond acceptors (Lipinski definition) is 4. The summed E-state index contributed by atoms with van der Waals surface area (Å²) in [5, 5.41) is 8.23. The molecule has 2 amide bonds. The molecule has 17 heavy (non-hydrogen) atoms. The van der Waals surface area contributed by atoms with Crippen molar-refractivity contribution in [3.05, 3.63) is 0 Å². The Morgan fingerprint density at radius 2 is 2.18 bits per heavy atom. The van der Waals surface area contributed by atoms with Gasteiger partial charge in [0.15, 0.2) is 0 Å². The van der Waals surface area contributed by atoms with Crippen LogP contribution < -0.4 is 9.44 Å². The molecule has 0 aromatic carbocycles. The van der Waals surface area contributed by atoms with Crippen LogP contribution in [0.3, 0.4) is 0 Å². The zero-order valence-electron chi connectivity index (χ0n) is 9.18. The Labute approximate surface area is 99.2 Å². The molecular formula is C8H15N3O5S. The van der Waals surface area contributed by atoms with Crippen LogP contribution in [0.2, 0.25) is 0 Å². The van der Waals surface area contributed by atoms with Gasteiger partial charge in [0.1, 0.15) is 0 Å². The van der Waals surface area contributed by atoms with Crippen molar-refractivity contribution in [1.29, 1.82) is 0 Å². The highest BCUT2D eigenvalue weighted by molar-refractivity contribution is 7.88. The summed E-state index contributed by atoms with van der Waals surface area (Å²) in [7, 11) is -3.99. The Morgan fingerprint density at radius 1 is 1.47 bits per heavy atom. The molecule has 0 aromatic rings. The maximum absolute atomic E-state index is 11.2. The molecule has 9 heteroatoms. The van der Waals surface area contributed by atoms with Gasteiger partial charge in [-0.05, 0) is 12.8 Å². The van der Waals surface area contributed by atoms with Gasteiger partial charge in [0, 0.05) is 26.1 Å².